The van der Waals surface area contributed by atoms with Gasteiger partial charge in [-0.3, -0.25) is 4.72 Å². The number of methoxy groups -OCH3 is 2. The second-order valence-electron chi connectivity index (χ2n) is 6.12. The number of rotatable bonds is 6. The van der Waals surface area contributed by atoms with Gasteiger partial charge >= 0.3 is 5.97 Å². The van der Waals surface area contributed by atoms with Gasteiger partial charge in [-0.2, -0.15) is 0 Å². The fourth-order valence-corrected chi connectivity index (χ4v) is 5.69. The average molecular weight is 452 g/mol. The number of hydrogen-bond acceptors (Lipinski definition) is 6. The van der Waals surface area contributed by atoms with Crippen LogP contribution in [0.5, 0.6) is 5.75 Å². The number of nitrogens with one attached hydrogen (secondary N) is 1. The van der Waals surface area contributed by atoms with Gasteiger partial charge < -0.3 is 9.47 Å². The molecule has 3 aromatic rings. The first kappa shape index (κ1) is 21.2. The molecule has 0 spiro atoms. The Morgan fingerprint density at radius 3 is 2.41 bits per heavy atom. The van der Waals surface area contributed by atoms with Gasteiger partial charge in [0.1, 0.15) is 15.5 Å². The Bertz CT molecular complexity index is 1150. The lowest BCUT2D eigenvalue weighted by molar-refractivity contribution is 0.0602. The zero-order chi connectivity index (χ0) is 21.2. The highest BCUT2D eigenvalue weighted by Crippen LogP contribution is 2.38. The number of hydrogen-bond donors (Lipinski definition) is 1. The fraction of sp³-hybridized carbons (Fsp3) is 0.150. The highest BCUT2D eigenvalue weighted by molar-refractivity contribution is 7.93. The molecule has 6 nitrogen and oxygen atoms in total. The minimum atomic E-state index is -4.17. The molecule has 0 atom stereocenters. The van der Waals surface area contributed by atoms with Crippen LogP contribution in [0.2, 0.25) is 5.02 Å². The van der Waals surface area contributed by atoms with Gasteiger partial charge in [0.15, 0.2) is 0 Å². The lowest BCUT2D eigenvalue weighted by Crippen LogP contribution is -2.17. The Balaban J connectivity index is 2.17. The van der Waals surface area contributed by atoms with E-state index in [1.165, 1.54) is 20.3 Å². The number of halogens is 1. The third kappa shape index (κ3) is 4.39. The van der Waals surface area contributed by atoms with E-state index in [0.29, 0.717) is 21.9 Å². The first-order chi connectivity index (χ1) is 13.8. The molecular formula is C20H18ClNO5S2. The van der Waals surface area contributed by atoms with Crippen molar-refractivity contribution in [1.29, 1.82) is 0 Å². The summed E-state index contributed by atoms with van der Waals surface area (Å²) in [5.41, 5.74) is 2.27. The normalized spacial score (nSPS) is 11.2. The molecule has 0 amide bonds. The van der Waals surface area contributed by atoms with Crippen LogP contribution in [0.1, 0.15) is 15.2 Å². The van der Waals surface area contributed by atoms with Crippen molar-refractivity contribution in [3.63, 3.8) is 0 Å². The molecule has 0 aliphatic rings. The summed E-state index contributed by atoms with van der Waals surface area (Å²) in [5, 5.41) is 1.96. The number of thiophene rings is 1. The summed E-state index contributed by atoms with van der Waals surface area (Å²) < 4.78 is 39.2. The minimum Gasteiger partial charge on any atom is -0.495 e. The van der Waals surface area contributed by atoms with Crippen molar-refractivity contribution in [3.8, 4) is 16.9 Å². The molecule has 0 saturated heterocycles. The van der Waals surface area contributed by atoms with Gasteiger partial charge in [0.25, 0.3) is 10.0 Å². The van der Waals surface area contributed by atoms with Gasteiger partial charge in [0.2, 0.25) is 0 Å². The summed E-state index contributed by atoms with van der Waals surface area (Å²) in [6.45, 7) is 1.93. The molecule has 1 N–H and O–H groups in total. The summed E-state index contributed by atoms with van der Waals surface area (Å²) in [6.07, 6.45) is 0. The van der Waals surface area contributed by atoms with Crippen molar-refractivity contribution in [1.82, 2.24) is 0 Å². The van der Waals surface area contributed by atoms with E-state index in [1.54, 1.807) is 29.6 Å². The molecule has 0 fully saturated rings. The van der Waals surface area contributed by atoms with E-state index in [1.807, 2.05) is 19.1 Å². The number of anilines is 1. The molecule has 0 aliphatic carbocycles. The third-order valence-corrected chi connectivity index (χ3v) is 6.93. The molecule has 0 bridgehead atoms. The molecule has 152 valence electrons. The Hall–Kier alpha value is -2.55. The second kappa shape index (κ2) is 8.44. The van der Waals surface area contributed by atoms with Crippen molar-refractivity contribution >= 4 is 44.6 Å². The maximum atomic E-state index is 13.3. The van der Waals surface area contributed by atoms with E-state index in [0.717, 1.165) is 16.9 Å². The van der Waals surface area contributed by atoms with Crippen molar-refractivity contribution in [2.75, 3.05) is 18.9 Å². The lowest BCUT2D eigenvalue weighted by atomic mass is 10.1. The fourth-order valence-electron chi connectivity index (χ4n) is 2.74. The summed E-state index contributed by atoms with van der Waals surface area (Å²) in [7, 11) is -1.55. The standard InChI is InChI=1S/C20H18ClNO5S2/c1-12-4-6-13(7-5-12)15-11-28-18(20(23)27-3)19(15)29(24,25)22-16-10-14(21)8-9-17(16)26-2/h4-11,22H,1-3H3. The van der Waals surface area contributed by atoms with E-state index in [4.69, 9.17) is 21.1 Å². The van der Waals surface area contributed by atoms with Crippen LogP contribution in [0.4, 0.5) is 5.69 Å². The zero-order valence-electron chi connectivity index (χ0n) is 15.9. The smallest absolute Gasteiger partial charge is 0.349 e. The highest BCUT2D eigenvalue weighted by Gasteiger charge is 2.30. The molecular weight excluding hydrogens is 434 g/mol. The number of esters is 1. The highest BCUT2D eigenvalue weighted by atomic mass is 35.5. The molecule has 0 unspecified atom stereocenters. The van der Waals surface area contributed by atoms with Crippen LogP contribution in [-0.2, 0) is 14.8 Å². The van der Waals surface area contributed by atoms with Crippen molar-refractivity contribution in [3.05, 3.63) is 63.3 Å². The Labute approximate surface area is 178 Å². The van der Waals surface area contributed by atoms with Crippen LogP contribution in [0.15, 0.2) is 52.7 Å². The first-order valence-electron chi connectivity index (χ1n) is 8.40. The molecule has 1 aromatic heterocycles. The molecule has 1 heterocycles. The van der Waals surface area contributed by atoms with E-state index < -0.39 is 16.0 Å². The predicted molar refractivity (Wildman–Crippen MR) is 115 cm³/mol. The monoisotopic (exact) mass is 451 g/mol. The van der Waals surface area contributed by atoms with Gasteiger partial charge in [-0.05, 0) is 30.7 Å². The van der Waals surface area contributed by atoms with Crippen molar-refractivity contribution in [2.24, 2.45) is 0 Å². The third-order valence-electron chi connectivity index (χ3n) is 4.15. The number of aryl methyl sites for hydroxylation is 1. The van der Waals surface area contributed by atoms with E-state index >= 15 is 0 Å². The van der Waals surface area contributed by atoms with Crippen LogP contribution in [0, 0.1) is 6.92 Å². The SMILES string of the molecule is COC(=O)c1scc(-c2ccc(C)cc2)c1S(=O)(=O)Nc1cc(Cl)ccc1OC. The van der Waals surface area contributed by atoms with Gasteiger partial charge in [0, 0.05) is 16.0 Å². The van der Waals surface area contributed by atoms with Crippen LogP contribution in [0.3, 0.4) is 0 Å². The topological polar surface area (TPSA) is 81.7 Å². The van der Waals surface area contributed by atoms with E-state index in [2.05, 4.69) is 4.72 Å². The second-order valence-corrected chi connectivity index (χ2v) is 9.05. The number of benzene rings is 2. The summed E-state index contributed by atoms with van der Waals surface area (Å²) in [4.78, 5) is 12.1. The molecule has 0 saturated carbocycles. The molecule has 29 heavy (non-hydrogen) atoms. The minimum absolute atomic E-state index is 0.0171. The number of carbonyl (C=O) groups is 1. The summed E-state index contributed by atoms with van der Waals surface area (Å²) in [5.74, 6) is -0.434. The Morgan fingerprint density at radius 2 is 1.79 bits per heavy atom. The average Bonchev–Trinajstić information content (AvgIpc) is 3.14. The quantitative estimate of drug-likeness (QED) is 0.535. The van der Waals surface area contributed by atoms with Crippen LogP contribution < -0.4 is 9.46 Å². The number of ether oxygens (including phenoxy) is 2. The van der Waals surface area contributed by atoms with Gasteiger partial charge in [-0.1, -0.05) is 41.4 Å². The summed E-state index contributed by atoms with van der Waals surface area (Å²) >= 11 is 7.02. The Morgan fingerprint density at radius 1 is 1.10 bits per heavy atom. The van der Waals surface area contributed by atoms with Gasteiger partial charge in [0.05, 0.1) is 19.9 Å². The number of sulfonamides is 1. The first-order valence-corrected chi connectivity index (χ1v) is 11.1. The zero-order valence-corrected chi connectivity index (χ0v) is 18.2. The molecule has 0 aliphatic heterocycles. The molecule has 0 radical (unpaired) electrons. The van der Waals surface area contributed by atoms with Gasteiger partial charge in [-0.15, -0.1) is 11.3 Å². The van der Waals surface area contributed by atoms with Gasteiger partial charge in [-0.25, -0.2) is 13.2 Å². The van der Waals surface area contributed by atoms with Crippen LogP contribution in [-0.4, -0.2) is 28.6 Å². The van der Waals surface area contributed by atoms with E-state index in [-0.39, 0.29) is 15.5 Å². The van der Waals surface area contributed by atoms with E-state index in [9.17, 15) is 13.2 Å². The van der Waals surface area contributed by atoms with Crippen LogP contribution >= 0.6 is 22.9 Å². The summed E-state index contributed by atoms with van der Waals surface area (Å²) in [6, 6.07) is 11.9. The molecule has 3 rings (SSSR count). The predicted octanol–water partition coefficient (Wildman–Crippen LogP) is 4.97. The largest absolute Gasteiger partial charge is 0.495 e. The Kier molecular flexibility index (Phi) is 6.16. The van der Waals surface area contributed by atoms with Crippen molar-refractivity contribution < 1.29 is 22.7 Å². The lowest BCUT2D eigenvalue weighted by Gasteiger charge is -2.14. The molecule has 2 aromatic carbocycles. The van der Waals surface area contributed by atoms with Crippen LogP contribution in [0.25, 0.3) is 11.1 Å². The number of carbonyl (C=O) groups excluding carboxylic acids is 1. The maximum Gasteiger partial charge on any atom is 0.349 e. The maximum absolute atomic E-state index is 13.3. The van der Waals surface area contributed by atoms with Crippen molar-refractivity contribution in [2.45, 2.75) is 11.8 Å². The molecule has 9 heteroatoms.